The Balaban J connectivity index is 2.37. The topological polar surface area (TPSA) is 115 Å². The quantitative estimate of drug-likeness (QED) is 0.289. The first kappa shape index (κ1) is 23.3. The fraction of sp³-hybridized carbons (Fsp3) is 0.684. The standard InChI is InChI=1S/C19H34NO5P/c1-2-3-4-5-6-7-8-17-9-11-18(12-10-17)13-14-19(20,15-21)16-25-26(22,23)24/h9-12,21H,2-8,13-16,20H2,1H3,(H2,22,23,24)/p+1/t19-/m0/s1. The second kappa shape index (κ2) is 11.9. The second-order valence-electron chi connectivity index (χ2n) is 7.26. The van der Waals surface area contributed by atoms with Crippen molar-refractivity contribution in [2.75, 3.05) is 13.2 Å². The maximum atomic E-state index is 10.8. The van der Waals surface area contributed by atoms with Crippen LogP contribution in [0.4, 0.5) is 0 Å². The van der Waals surface area contributed by atoms with Gasteiger partial charge in [-0.05, 0) is 30.4 Å². The molecule has 7 heteroatoms. The van der Waals surface area contributed by atoms with Gasteiger partial charge in [0, 0.05) is 6.42 Å². The number of aliphatic hydroxyl groups excluding tert-OH is 1. The zero-order valence-electron chi connectivity index (χ0n) is 15.9. The fourth-order valence-electron chi connectivity index (χ4n) is 2.81. The number of unbranched alkanes of at least 4 members (excludes halogenated alkanes) is 5. The molecule has 1 atom stereocenters. The van der Waals surface area contributed by atoms with E-state index in [1.54, 1.807) is 0 Å². The van der Waals surface area contributed by atoms with E-state index in [0.29, 0.717) is 12.8 Å². The second-order valence-corrected chi connectivity index (χ2v) is 8.50. The van der Waals surface area contributed by atoms with Crippen LogP contribution in [0, 0.1) is 0 Å². The Kier molecular flexibility index (Phi) is 10.6. The van der Waals surface area contributed by atoms with Gasteiger partial charge in [0.05, 0.1) is 0 Å². The zero-order chi connectivity index (χ0) is 19.5. The van der Waals surface area contributed by atoms with Crippen molar-refractivity contribution in [2.45, 2.75) is 70.3 Å². The first-order chi connectivity index (χ1) is 12.3. The molecule has 0 spiro atoms. The van der Waals surface area contributed by atoms with Crippen molar-refractivity contribution in [3.63, 3.8) is 0 Å². The largest absolute Gasteiger partial charge is 0.469 e. The molecule has 0 heterocycles. The van der Waals surface area contributed by atoms with Crippen molar-refractivity contribution in [3.05, 3.63) is 35.4 Å². The number of phosphoric acid groups is 1. The highest BCUT2D eigenvalue weighted by Gasteiger charge is 2.32. The number of rotatable bonds is 14. The molecule has 0 unspecified atom stereocenters. The Labute approximate surface area is 157 Å². The zero-order valence-corrected chi connectivity index (χ0v) is 16.8. The molecule has 0 aliphatic carbocycles. The van der Waals surface area contributed by atoms with Crippen molar-refractivity contribution >= 4 is 7.82 Å². The number of aryl methyl sites for hydroxylation is 2. The van der Waals surface area contributed by atoms with Gasteiger partial charge in [-0.15, -0.1) is 0 Å². The first-order valence-corrected chi connectivity index (χ1v) is 11.1. The lowest BCUT2D eigenvalue weighted by Gasteiger charge is -2.23. The summed E-state index contributed by atoms with van der Waals surface area (Å²) in [7, 11) is -4.55. The van der Waals surface area contributed by atoms with Crippen LogP contribution >= 0.6 is 7.82 Å². The van der Waals surface area contributed by atoms with E-state index in [1.165, 1.54) is 44.1 Å². The number of quaternary nitrogens is 1. The molecule has 0 aromatic heterocycles. The third-order valence-electron chi connectivity index (χ3n) is 4.66. The highest BCUT2D eigenvalue weighted by Crippen LogP contribution is 2.36. The Bertz CT molecular complexity index is 545. The lowest BCUT2D eigenvalue weighted by atomic mass is 9.93. The molecule has 0 bridgehead atoms. The number of hydrogen-bond donors (Lipinski definition) is 4. The van der Waals surface area contributed by atoms with Gasteiger partial charge in [-0.3, -0.25) is 4.52 Å². The average Bonchev–Trinajstić information content (AvgIpc) is 2.61. The fourth-order valence-corrected chi connectivity index (χ4v) is 3.25. The first-order valence-electron chi connectivity index (χ1n) is 9.52. The van der Waals surface area contributed by atoms with Crippen LogP contribution in [-0.2, 0) is 21.9 Å². The van der Waals surface area contributed by atoms with Crippen molar-refractivity contribution in [3.8, 4) is 0 Å². The van der Waals surface area contributed by atoms with Crippen molar-refractivity contribution < 1.29 is 29.7 Å². The average molecular weight is 388 g/mol. The van der Waals surface area contributed by atoms with Gasteiger partial charge in [-0.2, -0.15) is 0 Å². The molecule has 6 N–H and O–H groups in total. The minimum absolute atomic E-state index is 0.274. The molecule has 0 saturated heterocycles. The summed E-state index contributed by atoms with van der Waals surface area (Å²) in [6.07, 6.45) is 10.0. The van der Waals surface area contributed by atoms with Gasteiger partial charge in [0.25, 0.3) is 0 Å². The van der Waals surface area contributed by atoms with E-state index in [-0.39, 0.29) is 13.2 Å². The Morgan fingerprint density at radius 1 is 1.00 bits per heavy atom. The van der Waals surface area contributed by atoms with Crippen LogP contribution < -0.4 is 5.73 Å². The molecular weight excluding hydrogens is 353 g/mol. The monoisotopic (exact) mass is 388 g/mol. The summed E-state index contributed by atoms with van der Waals surface area (Å²) in [5.74, 6) is 0. The highest BCUT2D eigenvalue weighted by atomic mass is 31.2. The summed E-state index contributed by atoms with van der Waals surface area (Å²) in [5, 5.41) is 9.48. The normalized spacial score (nSPS) is 14.3. The maximum Gasteiger partial charge on any atom is 0.469 e. The van der Waals surface area contributed by atoms with E-state index in [0.717, 1.165) is 12.0 Å². The molecule has 0 radical (unpaired) electrons. The number of phosphoric ester groups is 1. The van der Waals surface area contributed by atoms with E-state index < -0.39 is 13.4 Å². The van der Waals surface area contributed by atoms with E-state index in [2.05, 4.69) is 41.4 Å². The SMILES string of the molecule is CCCCCCCCc1ccc(CC[C@]([NH3+])(CO)COP(=O)(O)O)cc1. The molecule has 0 aliphatic heterocycles. The molecule has 150 valence electrons. The summed E-state index contributed by atoms with van der Waals surface area (Å²) < 4.78 is 15.3. The number of benzene rings is 1. The summed E-state index contributed by atoms with van der Waals surface area (Å²) >= 11 is 0. The van der Waals surface area contributed by atoms with Gasteiger partial charge in [0.2, 0.25) is 0 Å². The summed E-state index contributed by atoms with van der Waals surface area (Å²) in [6, 6.07) is 8.43. The Morgan fingerprint density at radius 2 is 1.54 bits per heavy atom. The smallest absolute Gasteiger partial charge is 0.390 e. The number of aliphatic hydroxyl groups is 1. The number of hydrogen-bond acceptors (Lipinski definition) is 3. The molecule has 1 rings (SSSR count). The van der Waals surface area contributed by atoms with E-state index in [4.69, 9.17) is 9.79 Å². The van der Waals surface area contributed by atoms with Gasteiger partial charge in [-0.1, -0.05) is 63.3 Å². The summed E-state index contributed by atoms with van der Waals surface area (Å²) in [5.41, 5.74) is 5.41. The lowest BCUT2D eigenvalue weighted by Crippen LogP contribution is -2.77. The summed E-state index contributed by atoms with van der Waals surface area (Å²) in [6.45, 7) is 1.67. The van der Waals surface area contributed by atoms with Gasteiger partial charge in [-0.25, -0.2) is 4.57 Å². The predicted molar refractivity (Wildman–Crippen MR) is 103 cm³/mol. The highest BCUT2D eigenvalue weighted by molar-refractivity contribution is 7.46. The van der Waals surface area contributed by atoms with Gasteiger partial charge in [0.1, 0.15) is 18.8 Å². The minimum Gasteiger partial charge on any atom is -0.390 e. The molecule has 0 saturated carbocycles. The molecule has 1 aromatic carbocycles. The van der Waals surface area contributed by atoms with Crippen molar-refractivity contribution in [2.24, 2.45) is 0 Å². The van der Waals surface area contributed by atoms with Crippen LogP contribution in [0.2, 0.25) is 0 Å². The van der Waals surface area contributed by atoms with Crippen LogP contribution in [0.25, 0.3) is 0 Å². The van der Waals surface area contributed by atoms with E-state index in [9.17, 15) is 9.67 Å². The van der Waals surface area contributed by atoms with E-state index in [1.807, 2.05) is 0 Å². The molecule has 0 aliphatic rings. The Morgan fingerprint density at radius 3 is 2.08 bits per heavy atom. The summed E-state index contributed by atoms with van der Waals surface area (Å²) in [4.78, 5) is 17.6. The molecular formula is C19H35NO5P+. The molecule has 6 nitrogen and oxygen atoms in total. The van der Waals surface area contributed by atoms with Gasteiger partial charge in [0.15, 0.2) is 0 Å². The molecule has 0 amide bonds. The van der Waals surface area contributed by atoms with Crippen LogP contribution in [-0.4, -0.2) is 33.6 Å². The third-order valence-corrected chi connectivity index (χ3v) is 5.13. The van der Waals surface area contributed by atoms with Crippen molar-refractivity contribution in [1.29, 1.82) is 0 Å². The van der Waals surface area contributed by atoms with Crippen LogP contribution in [0.15, 0.2) is 24.3 Å². The van der Waals surface area contributed by atoms with Crippen molar-refractivity contribution in [1.82, 2.24) is 0 Å². The van der Waals surface area contributed by atoms with Crippen LogP contribution in [0.1, 0.15) is 63.0 Å². The predicted octanol–water partition coefficient (Wildman–Crippen LogP) is 2.60. The van der Waals surface area contributed by atoms with Gasteiger partial charge < -0.3 is 20.6 Å². The van der Waals surface area contributed by atoms with E-state index >= 15 is 0 Å². The minimum atomic E-state index is -4.55. The Hall–Kier alpha value is -0.750. The maximum absolute atomic E-state index is 10.8. The lowest BCUT2D eigenvalue weighted by molar-refractivity contribution is -0.489. The van der Waals surface area contributed by atoms with Crippen LogP contribution in [0.5, 0.6) is 0 Å². The van der Waals surface area contributed by atoms with Crippen LogP contribution in [0.3, 0.4) is 0 Å². The van der Waals surface area contributed by atoms with Gasteiger partial charge >= 0.3 is 7.82 Å². The molecule has 0 fully saturated rings. The third kappa shape index (κ3) is 10.4. The molecule has 26 heavy (non-hydrogen) atoms. The molecule has 1 aromatic rings.